The minimum atomic E-state index is 0.169. The second kappa shape index (κ2) is 7.83. The number of hydrogen-bond acceptors (Lipinski definition) is 2. The summed E-state index contributed by atoms with van der Waals surface area (Å²) in [5.41, 5.74) is 2.15. The Labute approximate surface area is 136 Å². The summed E-state index contributed by atoms with van der Waals surface area (Å²) in [4.78, 5) is 0. The lowest BCUT2D eigenvalue weighted by Crippen LogP contribution is -2.24. The summed E-state index contributed by atoms with van der Waals surface area (Å²) in [7, 11) is 0. The van der Waals surface area contributed by atoms with E-state index in [2.05, 4.69) is 30.5 Å². The van der Waals surface area contributed by atoms with Crippen LogP contribution in [0, 0.1) is 0 Å². The van der Waals surface area contributed by atoms with E-state index in [-0.39, 0.29) is 6.04 Å². The standard InChI is InChI=1S/C16H21Cl2N3/c1-3-8-19-16(12-10-20-21(4-2)11-12)9-13-14(17)6-5-7-15(13)18/h5-7,10-11,16,19H,3-4,8-9H2,1-2H3. The Balaban J connectivity index is 2.23. The SMILES string of the molecule is CCCNC(Cc1c(Cl)cccc1Cl)c1cnn(CC)c1. The highest BCUT2D eigenvalue weighted by Gasteiger charge is 2.17. The topological polar surface area (TPSA) is 29.9 Å². The minimum Gasteiger partial charge on any atom is -0.310 e. The summed E-state index contributed by atoms with van der Waals surface area (Å²) >= 11 is 12.6. The van der Waals surface area contributed by atoms with Crippen molar-refractivity contribution in [3.63, 3.8) is 0 Å². The zero-order valence-corrected chi connectivity index (χ0v) is 14.0. The molecule has 5 heteroatoms. The summed E-state index contributed by atoms with van der Waals surface area (Å²) in [5, 5.41) is 9.35. The summed E-state index contributed by atoms with van der Waals surface area (Å²) < 4.78 is 1.93. The molecule has 0 saturated heterocycles. The quantitative estimate of drug-likeness (QED) is 0.812. The predicted molar refractivity (Wildman–Crippen MR) is 89.1 cm³/mol. The Bertz CT molecular complexity index is 560. The molecule has 1 N–H and O–H groups in total. The molecule has 0 aliphatic rings. The average molecular weight is 326 g/mol. The molecule has 0 amide bonds. The van der Waals surface area contributed by atoms with Gasteiger partial charge in [0.25, 0.3) is 0 Å². The zero-order valence-electron chi connectivity index (χ0n) is 12.4. The highest BCUT2D eigenvalue weighted by molar-refractivity contribution is 6.36. The Hall–Kier alpha value is -1.03. The largest absolute Gasteiger partial charge is 0.310 e. The van der Waals surface area contributed by atoms with E-state index in [4.69, 9.17) is 23.2 Å². The van der Waals surface area contributed by atoms with Crippen molar-refractivity contribution in [2.75, 3.05) is 6.54 Å². The third kappa shape index (κ3) is 4.22. The molecule has 1 unspecified atom stereocenters. The molecule has 0 saturated carbocycles. The Morgan fingerprint density at radius 1 is 1.24 bits per heavy atom. The molecule has 1 atom stereocenters. The molecule has 0 radical (unpaired) electrons. The minimum absolute atomic E-state index is 0.169. The Morgan fingerprint density at radius 2 is 1.95 bits per heavy atom. The third-order valence-electron chi connectivity index (χ3n) is 3.49. The molecule has 3 nitrogen and oxygen atoms in total. The van der Waals surface area contributed by atoms with Crippen LogP contribution in [0.5, 0.6) is 0 Å². The van der Waals surface area contributed by atoms with Gasteiger partial charge in [-0.2, -0.15) is 5.10 Å². The summed E-state index contributed by atoms with van der Waals surface area (Å²) in [6.07, 6.45) is 5.84. The first-order chi connectivity index (χ1) is 10.2. The first-order valence-corrected chi connectivity index (χ1v) is 8.09. The number of halogens is 2. The maximum Gasteiger partial charge on any atom is 0.0537 e. The van der Waals surface area contributed by atoms with Gasteiger partial charge in [0.2, 0.25) is 0 Å². The summed E-state index contributed by atoms with van der Waals surface area (Å²) in [5.74, 6) is 0. The molecule has 2 aromatic rings. The maximum absolute atomic E-state index is 6.29. The van der Waals surface area contributed by atoms with Crippen LogP contribution in [0.1, 0.15) is 37.4 Å². The fourth-order valence-corrected chi connectivity index (χ4v) is 2.84. The van der Waals surface area contributed by atoms with Gasteiger partial charge in [0.1, 0.15) is 0 Å². The zero-order chi connectivity index (χ0) is 15.2. The third-order valence-corrected chi connectivity index (χ3v) is 4.20. The highest BCUT2D eigenvalue weighted by atomic mass is 35.5. The van der Waals surface area contributed by atoms with Crippen LogP contribution in [0.15, 0.2) is 30.6 Å². The van der Waals surface area contributed by atoms with Gasteiger partial charge in [0, 0.05) is 34.4 Å². The van der Waals surface area contributed by atoms with Crippen LogP contribution in [0.4, 0.5) is 0 Å². The molecule has 0 fully saturated rings. The van der Waals surface area contributed by atoms with Crippen LogP contribution in [0.25, 0.3) is 0 Å². The number of rotatable bonds is 7. The van der Waals surface area contributed by atoms with Gasteiger partial charge in [-0.3, -0.25) is 4.68 Å². The van der Waals surface area contributed by atoms with Crippen molar-refractivity contribution in [3.8, 4) is 0 Å². The lowest BCUT2D eigenvalue weighted by atomic mass is 10.0. The van der Waals surface area contributed by atoms with Crippen LogP contribution in [-0.2, 0) is 13.0 Å². The van der Waals surface area contributed by atoms with Gasteiger partial charge >= 0.3 is 0 Å². The molecule has 0 aliphatic carbocycles. The molecule has 0 bridgehead atoms. The van der Waals surface area contributed by atoms with Crippen LogP contribution >= 0.6 is 23.2 Å². The number of aromatic nitrogens is 2. The van der Waals surface area contributed by atoms with E-state index in [1.165, 1.54) is 5.56 Å². The molecular weight excluding hydrogens is 305 g/mol. The summed E-state index contributed by atoms with van der Waals surface area (Å²) in [6, 6.07) is 5.81. The van der Waals surface area contributed by atoms with Crippen molar-refractivity contribution in [2.24, 2.45) is 0 Å². The van der Waals surface area contributed by atoms with E-state index in [1.54, 1.807) is 0 Å². The first kappa shape index (κ1) is 16.3. The second-order valence-electron chi connectivity index (χ2n) is 5.04. The van der Waals surface area contributed by atoms with Crippen molar-refractivity contribution in [1.82, 2.24) is 15.1 Å². The molecular formula is C16H21Cl2N3. The van der Waals surface area contributed by atoms with Crippen LogP contribution < -0.4 is 5.32 Å². The van der Waals surface area contributed by atoms with Gasteiger partial charge in [-0.15, -0.1) is 0 Å². The van der Waals surface area contributed by atoms with Crippen molar-refractivity contribution in [2.45, 2.75) is 39.3 Å². The molecule has 2 rings (SSSR count). The smallest absolute Gasteiger partial charge is 0.0537 e. The van der Waals surface area contributed by atoms with Gasteiger partial charge < -0.3 is 5.32 Å². The number of aryl methyl sites for hydroxylation is 1. The highest BCUT2D eigenvalue weighted by Crippen LogP contribution is 2.29. The number of nitrogens with zero attached hydrogens (tertiary/aromatic N) is 2. The fraction of sp³-hybridized carbons (Fsp3) is 0.438. The molecule has 0 spiro atoms. The van der Waals surface area contributed by atoms with Gasteiger partial charge in [-0.05, 0) is 44.0 Å². The Kier molecular flexibility index (Phi) is 6.09. The van der Waals surface area contributed by atoms with Gasteiger partial charge in [0.15, 0.2) is 0 Å². The molecule has 1 heterocycles. The predicted octanol–water partition coefficient (Wildman–Crippen LogP) is 4.49. The number of hydrogen-bond donors (Lipinski definition) is 1. The monoisotopic (exact) mass is 325 g/mol. The van der Waals surface area contributed by atoms with Gasteiger partial charge in [-0.1, -0.05) is 36.2 Å². The Morgan fingerprint density at radius 3 is 2.52 bits per heavy atom. The van der Waals surface area contributed by atoms with Crippen molar-refractivity contribution in [1.29, 1.82) is 0 Å². The van der Waals surface area contributed by atoms with Crippen LogP contribution in [0.3, 0.4) is 0 Å². The van der Waals surface area contributed by atoms with E-state index in [1.807, 2.05) is 29.1 Å². The molecule has 114 valence electrons. The van der Waals surface area contributed by atoms with E-state index >= 15 is 0 Å². The maximum atomic E-state index is 6.29. The molecule has 0 aliphatic heterocycles. The normalized spacial score (nSPS) is 12.6. The van der Waals surface area contributed by atoms with Gasteiger partial charge in [0.05, 0.1) is 6.20 Å². The molecule has 1 aromatic carbocycles. The van der Waals surface area contributed by atoms with Crippen LogP contribution in [-0.4, -0.2) is 16.3 Å². The van der Waals surface area contributed by atoms with Crippen molar-refractivity contribution in [3.05, 3.63) is 51.8 Å². The fourth-order valence-electron chi connectivity index (χ4n) is 2.29. The lowest BCUT2D eigenvalue weighted by molar-refractivity contribution is 0.528. The molecule has 21 heavy (non-hydrogen) atoms. The average Bonchev–Trinajstić information content (AvgIpc) is 2.95. The van der Waals surface area contributed by atoms with E-state index in [0.29, 0.717) is 10.0 Å². The van der Waals surface area contributed by atoms with Crippen molar-refractivity contribution < 1.29 is 0 Å². The van der Waals surface area contributed by atoms with Gasteiger partial charge in [-0.25, -0.2) is 0 Å². The molecule has 1 aromatic heterocycles. The first-order valence-electron chi connectivity index (χ1n) is 7.34. The lowest BCUT2D eigenvalue weighted by Gasteiger charge is -2.18. The summed E-state index contributed by atoms with van der Waals surface area (Å²) in [6.45, 7) is 6.05. The number of benzene rings is 1. The van der Waals surface area contributed by atoms with E-state index in [9.17, 15) is 0 Å². The van der Waals surface area contributed by atoms with E-state index in [0.717, 1.165) is 31.5 Å². The second-order valence-corrected chi connectivity index (χ2v) is 5.85. The van der Waals surface area contributed by atoms with E-state index < -0.39 is 0 Å². The number of nitrogens with one attached hydrogen (secondary N) is 1. The van der Waals surface area contributed by atoms with Crippen molar-refractivity contribution >= 4 is 23.2 Å². The van der Waals surface area contributed by atoms with Crippen LogP contribution in [0.2, 0.25) is 10.0 Å².